The first kappa shape index (κ1) is 22.0. The number of pyridine rings is 1. The van der Waals surface area contributed by atoms with E-state index >= 15 is 0 Å². The molecule has 1 aromatic carbocycles. The molecular weight excluding hydrogens is 505 g/mol. The Morgan fingerprint density at radius 2 is 1.88 bits per heavy atom. The third-order valence-corrected chi connectivity index (χ3v) is 6.36. The maximum Gasteiger partial charge on any atom is 0.287 e. The van der Waals surface area contributed by atoms with E-state index in [4.69, 9.17) is 45.1 Å². The highest BCUT2D eigenvalue weighted by molar-refractivity contribution is 7.92. The summed E-state index contributed by atoms with van der Waals surface area (Å²) in [4.78, 5) is 15.8. The van der Waals surface area contributed by atoms with Crippen molar-refractivity contribution in [2.45, 2.75) is 4.90 Å². The fraction of sp³-hybridized carbons (Fsp3) is 0. The number of anilines is 1. The van der Waals surface area contributed by atoms with Crippen molar-refractivity contribution in [2.24, 2.45) is 5.73 Å². The number of hydrogen-bond donors (Lipinski definition) is 2. The fourth-order valence-electron chi connectivity index (χ4n) is 2.68. The predicted molar refractivity (Wildman–Crippen MR) is 115 cm³/mol. The number of amides is 1. The summed E-state index contributed by atoms with van der Waals surface area (Å²) in [6.45, 7) is 0. The number of hydrogen-bond acceptors (Lipinski definition) is 8. The van der Waals surface area contributed by atoms with Gasteiger partial charge < -0.3 is 10.3 Å². The molecule has 0 saturated heterocycles. The highest BCUT2D eigenvalue weighted by Crippen LogP contribution is 2.32. The van der Waals surface area contributed by atoms with Crippen LogP contribution in [0.3, 0.4) is 0 Å². The molecule has 164 valence electrons. The molecule has 11 nitrogen and oxygen atoms in total. The van der Waals surface area contributed by atoms with Gasteiger partial charge in [0.1, 0.15) is 12.0 Å². The Labute approximate surface area is 195 Å². The normalized spacial score (nSPS) is 11.5. The number of halogens is 3. The van der Waals surface area contributed by atoms with Gasteiger partial charge in [0.2, 0.25) is 5.82 Å². The number of nitrogens with one attached hydrogen (secondary N) is 1. The maximum atomic E-state index is 13.0. The van der Waals surface area contributed by atoms with E-state index in [1.54, 1.807) is 0 Å². The lowest BCUT2D eigenvalue weighted by molar-refractivity contribution is 0.0988. The van der Waals surface area contributed by atoms with Crippen LogP contribution in [0.15, 0.2) is 52.2 Å². The number of sulfonamides is 1. The topological polar surface area (TPSA) is 159 Å². The van der Waals surface area contributed by atoms with Crippen LogP contribution in [0.25, 0.3) is 17.3 Å². The number of benzene rings is 1. The van der Waals surface area contributed by atoms with Crippen LogP contribution in [0.1, 0.15) is 10.6 Å². The summed E-state index contributed by atoms with van der Waals surface area (Å²) in [5.74, 6) is -1.10. The minimum Gasteiger partial charge on any atom is -0.363 e. The Hall–Kier alpha value is -3.19. The first-order chi connectivity index (χ1) is 15.2. The van der Waals surface area contributed by atoms with Crippen molar-refractivity contribution in [2.75, 3.05) is 4.72 Å². The van der Waals surface area contributed by atoms with Gasteiger partial charge in [0.05, 0.1) is 25.7 Å². The van der Waals surface area contributed by atoms with E-state index < -0.39 is 15.9 Å². The zero-order chi connectivity index (χ0) is 23.0. The molecule has 3 N–H and O–H groups in total. The number of carbonyl (C=O) groups excluding carboxylic acids is 1. The molecule has 0 saturated carbocycles. The van der Waals surface area contributed by atoms with E-state index in [9.17, 15) is 13.2 Å². The van der Waals surface area contributed by atoms with Gasteiger partial charge in [-0.2, -0.15) is 0 Å². The van der Waals surface area contributed by atoms with Crippen LogP contribution in [0.2, 0.25) is 15.1 Å². The van der Waals surface area contributed by atoms with Crippen molar-refractivity contribution in [1.29, 1.82) is 0 Å². The van der Waals surface area contributed by atoms with Crippen LogP contribution in [0.4, 0.5) is 5.69 Å². The summed E-state index contributed by atoms with van der Waals surface area (Å²) in [7, 11) is -4.15. The van der Waals surface area contributed by atoms with E-state index in [0.717, 1.165) is 0 Å². The number of carbonyl (C=O) groups is 1. The zero-order valence-electron chi connectivity index (χ0n) is 15.5. The van der Waals surface area contributed by atoms with Crippen molar-refractivity contribution < 1.29 is 17.7 Å². The quantitative estimate of drug-likeness (QED) is 0.397. The highest BCUT2D eigenvalue weighted by Gasteiger charge is 2.26. The number of nitrogens with zero attached hydrogens (tertiary/aromatic N) is 5. The molecule has 0 aliphatic heterocycles. The Morgan fingerprint density at radius 1 is 1.09 bits per heavy atom. The van der Waals surface area contributed by atoms with Crippen LogP contribution >= 0.6 is 34.8 Å². The van der Waals surface area contributed by atoms with Crippen LogP contribution < -0.4 is 10.5 Å². The molecule has 0 atom stereocenters. The first-order valence-electron chi connectivity index (χ1n) is 8.47. The highest BCUT2D eigenvalue weighted by atomic mass is 35.5. The van der Waals surface area contributed by atoms with Gasteiger partial charge in [-0.3, -0.25) is 9.52 Å². The van der Waals surface area contributed by atoms with Crippen LogP contribution in [0, 0.1) is 0 Å². The average Bonchev–Trinajstić information content (AvgIpc) is 3.39. The Bertz CT molecular complexity index is 1440. The third-order valence-electron chi connectivity index (χ3n) is 4.05. The van der Waals surface area contributed by atoms with Crippen molar-refractivity contribution >= 4 is 56.4 Å². The molecular formula is C17H10Cl3N7O4S. The number of rotatable bonds is 6. The van der Waals surface area contributed by atoms with Crippen molar-refractivity contribution in [3.63, 3.8) is 0 Å². The van der Waals surface area contributed by atoms with Gasteiger partial charge in [0.25, 0.3) is 15.9 Å². The van der Waals surface area contributed by atoms with E-state index in [2.05, 4.69) is 25.1 Å². The summed E-state index contributed by atoms with van der Waals surface area (Å²) in [5.41, 5.74) is 5.31. The van der Waals surface area contributed by atoms with Gasteiger partial charge in [-0.1, -0.05) is 40.0 Å². The van der Waals surface area contributed by atoms with Crippen molar-refractivity contribution in [3.8, 4) is 17.3 Å². The smallest absolute Gasteiger partial charge is 0.287 e. The van der Waals surface area contributed by atoms with Gasteiger partial charge in [-0.05, 0) is 24.3 Å². The molecule has 0 unspecified atom stereocenters. The molecule has 15 heteroatoms. The lowest BCUT2D eigenvalue weighted by Crippen LogP contribution is -2.18. The standard InChI is InChI=1S/C17H10Cl3N7O4S/c18-8-5-12(26-32(29,30)9-1-2-10(19)11(20)6-9)14(22-7-8)16-23-24-17(15(21)28)27(16)13-3-4-31-25-13/h1-7,26H,(H2,21,28). The SMILES string of the molecule is NC(=O)c1nnc(-c2ncc(Cl)cc2NS(=O)(=O)c2ccc(Cl)c(Cl)c2)n1-c1ccon1. The minimum absolute atomic E-state index is 0.0129. The van der Waals surface area contributed by atoms with Gasteiger partial charge in [0.15, 0.2) is 11.6 Å². The zero-order valence-corrected chi connectivity index (χ0v) is 18.6. The second kappa shape index (κ2) is 8.39. The van der Waals surface area contributed by atoms with Gasteiger partial charge >= 0.3 is 0 Å². The van der Waals surface area contributed by atoms with Crippen LogP contribution in [-0.4, -0.2) is 39.2 Å². The molecule has 0 spiro atoms. The molecule has 0 fully saturated rings. The number of nitrogens with two attached hydrogens (primary N) is 1. The maximum absolute atomic E-state index is 13.0. The summed E-state index contributed by atoms with van der Waals surface area (Å²) in [6.07, 6.45) is 2.52. The Kier molecular flexibility index (Phi) is 5.77. The number of aromatic nitrogens is 5. The molecule has 4 aromatic rings. The van der Waals surface area contributed by atoms with E-state index in [0.29, 0.717) is 0 Å². The second-order valence-corrected chi connectivity index (χ2v) is 9.07. The minimum atomic E-state index is -4.15. The summed E-state index contributed by atoms with van der Waals surface area (Å²) in [6, 6.07) is 6.54. The molecule has 3 aromatic heterocycles. The molecule has 1 amide bonds. The molecule has 0 aliphatic rings. The Morgan fingerprint density at radius 3 is 2.53 bits per heavy atom. The lowest BCUT2D eigenvalue weighted by Gasteiger charge is -2.13. The van der Waals surface area contributed by atoms with E-state index in [-0.39, 0.29) is 48.8 Å². The van der Waals surface area contributed by atoms with Crippen molar-refractivity contribution in [3.05, 3.63) is 63.7 Å². The van der Waals surface area contributed by atoms with Gasteiger partial charge in [-0.25, -0.2) is 18.0 Å². The first-order valence-corrected chi connectivity index (χ1v) is 11.1. The van der Waals surface area contributed by atoms with Crippen molar-refractivity contribution in [1.82, 2.24) is 24.9 Å². The Balaban J connectivity index is 1.86. The molecule has 0 bridgehead atoms. The van der Waals surface area contributed by atoms with Gasteiger partial charge in [-0.15, -0.1) is 10.2 Å². The monoisotopic (exact) mass is 513 g/mol. The largest absolute Gasteiger partial charge is 0.363 e. The van der Waals surface area contributed by atoms with E-state index in [1.165, 1.54) is 47.4 Å². The molecule has 4 rings (SSSR count). The lowest BCUT2D eigenvalue weighted by atomic mass is 10.3. The summed E-state index contributed by atoms with van der Waals surface area (Å²) in [5, 5.41) is 11.8. The second-order valence-electron chi connectivity index (χ2n) is 6.14. The van der Waals surface area contributed by atoms with Crippen LogP contribution in [-0.2, 0) is 10.0 Å². The molecule has 3 heterocycles. The average molecular weight is 515 g/mol. The summed E-state index contributed by atoms with van der Waals surface area (Å²) >= 11 is 17.9. The third kappa shape index (κ3) is 4.12. The van der Waals surface area contributed by atoms with Gasteiger partial charge in [0, 0.05) is 12.3 Å². The predicted octanol–water partition coefficient (Wildman–Crippen LogP) is 3.18. The molecule has 0 radical (unpaired) electrons. The summed E-state index contributed by atoms with van der Waals surface area (Å²) < 4.78 is 34.3. The van der Waals surface area contributed by atoms with E-state index in [1.807, 2.05) is 0 Å². The van der Waals surface area contributed by atoms with Crippen LogP contribution in [0.5, 0.6) is 0 Å². The molecule has 32 heavy (non-hydrogen) atoms. The fourth-order valence-corrected chi connectivity index (χ4v) is 4.28. The number of primary amides is 1. The molecule has 0 aliphatic carbocycles.